The summed E-state index contributed by atoms with van der Waals surface area (Å²) in [6.07, 6.45) is 8.39. The third kappa shape index (κ3) is 1.81. The standard InChI is InChI=1S/C13H15N/c1-2-3-4-9-13-12-8-6-5-7-11(12)10-14-13/h1,5-8,13-14H,3-4,9-10H2. The van der Waals surface area contributed by atoms with Crippen LogP contribution >= 0.6 is 0 Å². The minimum Gasteiger partial charge on any atom is -0.306 e. The first-order chi connectivity index (χ1) is 6.92. The van der Waals surface area contributed by atoms with Crippen molar-refractivity contribution in [1.29, 1.82) is 0 Å². The van der Waals surface area contributed by atoms with Crippen molar-refractivity contribution in [1.82, 2.24) is 5.32 Å². The minimum absolute atomic E-state index is 0.527. The number of fused-ring (bicyclic) bond motifs is 1. The number of terminal acetylenes is 1. The van der Waals surface area contributed by atoms with Gasteiger partial charge in [0.15, 0.2) is 0 Å². The SMILES string of the molecule is C#CCCCC1NCc2ccccc21. The fourth-order valence-electron chi connectivity index (χ4n) is 2.04. The average molecular weight is 185 g/mol. The third-order valence-corrected chi connectivity index (χ3v) is 2.78. The molecule has 72 valence electrons. The van der Waals surface area contributed by atoms with Crippen LogP contribution in [0.5, 0.6) is 0 Å². The fraction of sp³-hybridized carbons (Fsp3) is 0.385. The molecule has 1 unspecified atom stereocenters. The van der Waals surface area contributed by atoms with E-state index in [9.17, 15) is 0 Å². The van der Waals surface area contributed by atoms with Gasteiger partial charge in [-0.15, -0.1) is 12.3 Å². The molecule has 0 aromatic heterocycles. The second-order valence-electron chi connectivity index (χ2n) is 3.73. The second-order valence-corrected chi connectivity index (χ2v) is 3.73. The largest absolute Gasteiger partial charge is 0.306 e. The van der Waals surface area contributed by atoms with Crippen LogP contribution in [0.1, 0.15) is 36.4 Å². The van der Waals surface area contributed by atoms with E-state index in [0.29, 0.717) is 6.04 Å². The number of rotatable bonds is 3. The molecule has 1 heteroatoms. The van der Waals surface area contributed by atoms with Crippen LogP contribution in [-0.2, 0) is 6.54 Å². The molecule has 0 saturated carbocycles. The van der Waals surface area contributed by atoms with Crippen LogP contribution in [0.4, 0.5) is 0 Å². The summed E-state index contributed by atoms with van der Waals surface area (Å²) in [4.78, 5) is 0. The molecule has 2 rings (SSSR count). The summed E-state index contributed by atoms with van der Waals surface area (Å²) < 4.78 is 0. The van der Waals surface area contributed by atoms with Gasteiger partial charge >= 0.3 is 0 Å². The summed E-state index contributed by atoms with van der Waals surface area (Å²) in [7, 11) is 0. The highest BCUT2D eigenvalue weighted by Crippen LogP contribution is 2.28. The van der Waals surface area contributed by atoms with Gasteiger partial charge in [0.05, 0.1) is 0 Å². The molecule has 1 nitrogen and oxygen atoms in total. The normalized spacial score (nSPS) is 18.9. The number of hydrogen-bond donors (Lipinski definition) is 1. The predicted molar refractivity (Wildman–Crippen MR) is 58.7 cm³/mol. The van der Waals surface area contributed by atoms with E-state index in [-0.39, 0.29) is 0 Å². The van der Waals surface area contributed by atoms with Gasteiger partial charge < -0.3 is 5.32 Å². The Morgan fingerprint density at radius 3 is 3.14 bits per heavy atom. The predicted octanol–water partition coefficient (Wildman–Crippen LogP) is 2.63. The topological polar surface area (TPSA) is 12.0 Å². The molecular formula is C13H15N. The van der Waals surface area contributed by atoms with E-state index < -0.39 is 0 Å². The first kappa shape index (κ1) is 9.30. The lowest BCUT2D eigenvalue weighted by atomic mass is 10.0. The van der Waals surface area contributed by atoms with E-state index in [0.717, 1.165) is 25.8 Å². The zero-order valence-electron chi connectivity index (χ0n) is 8.29. The summed E-state index contributed by atoms with van der Waals surface area (Å²) in [6.45, 7) is 1.01. The van der Waals surface area contributed by atoms with Crippen LogP contribution in [0.2, 0.25) is 0 Å². The van der Waals surface area contributed by atoms with Gasteiger partial charge in [-0.2, -0.15) is 0 Å². The van der Waals surface area contributed by atoms with Crippen LogP contribution < -0.4 is 5.32 Å². The molecule has 0 amide bonds. The molecule has 0 saturated heterocycles. The molecule has 1 aliphatic heterocycles. The van der Waals surface area contributed by atoms with Crippen LogP contribution in [0.25, 0.3) is 0 Å². The Labute approximate surface area is 85.5 Å². The zero-order valence-corrected chi connectivity index (χ0v) is 8.29. The lowest BCUT2D eigenvalue weighted by Crippen LogP contribution is -2.11. The Kier molecular flexibility index (Phi) is 2.86. The van der Waals surface area contributed by atoms with Gasteiger partial charge in [0.2, 0.25) is 0 Å². The van der Waals surface area contributed by atoms with Gasteiger partial charge in [-0.25, -0.2) is 0 Å². The van der Waals surface area contributed by atoms with E-state index in [2.05, 4.69) is 35.5 Å². The molecule has 0 aliphatic carbocycles. The van der Waals surface area contributed by atoms with Gasteiger partial charge in [-0.3, -0.25) is 0 Å². The fourth-order valence-corrected chi connectivity index (χ4v) is 2.04. The molecule has 1 N–H and O–H groups in total. The Morgan fingerprint density at radius 1 is 1.43 bits per heavy atom. The highest BCUT2D eigenvalue weighted by Gasteiger charge is 2.19. The maximum atomic E-state index is 5.24. The van der Waals surface area contributed by atoms with Crippen molar-refractivity contribution in [2.24, 2.45) is 0 Å². The molecule has 0 bridgehead atoms. The Morgan fingerprint density at radius 2 is 2.29 bits per heavy atom. The Bertz CT molecular complexity index is 348. The third-order valence-electron chi connectivity index (χ3n) is 2.78. The Hall–Kier alpha value is -1.26. The van der Waals surface area contributed by atoms with E-state index in [1.807, 2.05) is 0 Å². The number of benzene rings is 1. The summed E-state index contributed by atoms with van der Waals surface area (Å²) in [5.74, 6) is 2.69. The molecule has 1 aliphatic rings. The van der Waals surface area contributed by atoms with Gasteiger partial charge in [-0.05, 0) is 24.0 Å². The van der Waals surface area contributed by atoms with Crippen molar-refractivity contribution in [3.63, 3.8) is 0 Å². The van der Waals surface area contributed by atoms with E-state index in [1.165, 1.54) is 11.1 Å². The molecule has 0 spiro atoms. The first-order valence-electron chi connectivity index (χ1n) is 5.16. The number of nitrogens with one attached hydrogen (secondary N) is 1. The van der Waals surface area contributed by atoms with Crippen molar-refractivity contribution in [2.45, 2.75) is 31.8 Å². The lowest BCUT2D eigenvalue weighted by molar-refractivity contribution is 0.526. The van der Waals surface area contributed by atoms with Crippen molar-refractivity contribution in [3.05, 3.63) is 35.4 Å². The van der Waals surface area contributed by atoms with Crippen molar-refractivity contribution in [2.75, 3.05) is 0 Å². The molecule has 1 atom stereocenters. The van der Waals surface area contributed by atoms with Gasteiger partial charge in [0.1, 0.15) is 0 Å². The molecule has 14 heavy (non-hydrogen) atoms. The number of unbranched alkanes of at least 4 members (excludes halogenated alkanes) is 1. The van der Waals surface area contributed by atoms with Crippen molar-refractivity contribution in [3.8, 4) is 12.3 Å². The quantitative estimate of drug-likeness (QED) is 0.564. The highest BCUT2D eigenvalue weighted by atomic mass is 14.9. The van der Waals surface area contributed by atoms with Crippen LogP contribution in [0.15, 0.2) is 24.3 Å². The van der Waals surface area contributed by atoms with E-state index >= 15 is 0 Å². The van der Waals surface area contributed by atoms with Crippen LogP contribution in [0.3, 0.4) is 0 Å². The molecule has 1 aromatic carbocycles. The lowest BCUT2D eigenvalue weighted by Gasteiger charge is -2.10. The first-order valence-corrected chi connectivity index (χ1v) is 5.16. The van der Waals surface area contributed by atoms with Crippen LogP contribution in [-0.4, -0.2) is 0 Å². The van der Waals surface area contributed by atoms with Gasteiger partial charge in [0.25, 0.3) is 0 Å². The van der Waals surface area contributed by atoms with Gasteiger partial charge in [-0.1, -0.05) is 24.3 Å². The highest BCUT2D eigenvalue weighted by molar-refractivity contribution is 5.33. The Balaban J connectivity index is 2.00. The van der Waals surface area contributed by atoms with Gasteiger partial charge in [0, 0.05) is 19.0 Å². The smallest absolute Gasteiger partial charge is 0.0326 e. The maximum absolute atomic E-state index is 5.24. The minimum atomic E-state index is 0.527. The summed E-state index contributed by atoms with van der Waals surface area (Å²) in [5, 5.41) is 3.51. The molecule has 0 fully saturated rings. The van der Waals surface area contributed by atoms with Crippen molar-refractivity contribution >= 4 is 0 Å². The maximum Gasteiger partial charge on any atom is 0.0326 e. The summed E-state index contributed by atoms with van der Waals surface area (Å²) in [6, 6.07) is 9.16. The molecule has 0 radical (unpaired) electrons. The second kappa shape index (κ2) is 4.30. The monoisotopic (exact) mass is 185 g/mol. The number of hydrogen-bond acceptors (Lipinski definition) is 1. The van der Waals surface area contributed by atoms with E-state index in [4.69, 9.17) is 6.42 Å². The average Bonchev–Trinajstić information content (AvgIpc) is 2.63. The van der Waals surface area contributed by atoms with E-state index in [1.54, 1.807) is 0 Å². The zero-order chi connectivity index (χ0) is 9.80. The summed E-state index contributed by atoms with van der Waals surface area (Å²) >= 11 is 0. The molecule has 1 heterocycles. The molecular weight excluding hydrogens is 170 g/mol. The summed E-state index contributed by atoms with van der Waals surface area (Å²) in [5.41, 5.74) is 2.91. The van der Waals surface area contributed by atoms with Crippen molar-refractivity contribution < 1.29 is 0 Å². The van der Waals surface area contributed by atoms with Crippen LogP contribution in [0, 0.1) is 12.3 Å². The molecule has 1 aromatic rings.